The van der Waals surface area contributed by atoms with Crippen molar-refractivity contribution in [3.8, 4) is 0 Å². The highest BCUT2D eigenvalue weighted by Gasteiger charge is 2.50. The van der Waals surface area contributed by atoms with E-state index in [0.29, 0.717) is 45.6 Å². The molecule has 0 aliphatic carbocycles. The second-order valence-electron chi connectivity index (χ2n) is 17.2. The van der Waals surface area contributed by atoms with Gasteiger partial charge in [0.15, 0.2) is 29.4 Å². The molecule has 23 heteroatoms. The molecule has 0 N–H and O–H groups in total. The summed E-state index contributed by atoms with van der Waals surface area (Å²) in [7, 11) is -7.57. The lowest BCUT2D eigenvalue weighted by molar-refractivity contribution is -0.0523. The number of aromatic nitrogens is 12. The van der Waals surface area contributed by atoms with Gasteiger partial charge in [-0.2, -0.15) is 0 Å². The molecule has 0 radical (unpaired) electrons. The van der Waals surface area contributed by atoms with Gasteiger partial charge in [-0.1, -0.05) is 34.6 Å². The van der Waals surface area contributed by atoms with Crippen molar-refractivity contribution in [3.63, 3.8) is 0 Å². The number of fused-ring (bicyclic) bond motifs is 3. The molecule has 338 valence electrons. The second-order valence-corrected chi connectivity index (χ2v) is 21.2. The van der Waals surface area contributed by atoms with Crippen molar-refractivity contribution in [1.29, 1.82) is 0 Å². The Morgan fingerprint density at radius 2 is 0.889 bits per heavy atom. The van der Waals surface area contributed by atoms with Crippen LogP contribution in [0.25, 0.3) is 33.5 Å². The van der Waals surface area contributed by atoms with E-state index >= 15 is 0 Å². The molecule has 21 nitrogen and oxygen atoms in total. The Morgan fingerprint density at radius 3 is 1.32 bits per heavy atom. The number of hydrogen-bond acceptors (Lipinski definition) is 18. The summed E-state index contributed by atoms with van der Waals surface area (Å²) in [4.78, 5) is 39.9. The zero-order valence-electron chi connectivity index (χ0n) is 36.9. The first kappa shape index (κ1) is 44.1. The lowest BCUT2D eigenvalue weighted by Gasteiger charge is -2.27. The standard InChI is InChI=1S/C40H54N12O9P2/c1-11-27-22(4)33(39(57-27)51-18-48-31-25(7)42-15-45-36(31)51)60-63(10,54)56-13-29-23(5)34(40(59-29)52-19-49-32-26(8)43-16-46-37(32)52)61-62(9,53)55-12-28-20(2)21(3)38(58-28)50-17-47-30-24(6)41-14-44-35(30)50/h14-23,27-29,33-34,38-40H,11-13H2,1-10H3/t20?,21?,22?,23?,27-,28-,29-,33?,34?,38-,39-,40-,62?,63?/m1/s1. The number of ether oxygens (including phenoxy) is 3. The number of hydrogen-bond donors (Lipinski definition) is 0. The molecule has 0 bridgehead atoms. The van der Waals surface area contributed by atoms with Crippen molar-refractivity contribution >= 4 is 48.7 Å². The van der Waals surface area contributed by atoms with Crippen molar-refractivity contribution < 1.29 is 41.4 Å². The van der Waals surface area contributed by atoms with E-state index in [-0.39, 0.29) is 43.3 Å². The van der Waals surface area contributed by atoms with Gasteiger partial charge in [0.2, 0.25) is 0 Å². The number of imidazole rings is 3. The zero-order chi connectivity index (χ0) is 44.5. The number of nitrogens with zero attached hydrogens (tertiary/aromatic N) is 12. The van der Waals surface area contributed by atoms with E-state index in [1.165, 1.54) is 32.3 Å². The van der Waals surface area contributed by atoms with Gasteiger partial charge in [-0.25, -0.2) is 44.9 Å². The minimum absolute atomic E-state index is 0.0109. The summed E-state index contributed by atoms with van der Waals surface area (Å²) in [5.74, 6) is -0.506. The maximum Gasteiger partial charge on any atom is 0.328 e. The molecule has 0 spiro atoms. The zero-order valence-corrected chi connectivity index (χ0v) is 38.7. The average molecular weight is 909 g/mol. The Labute approximate surface area is 364 Å². The molecule has 0 saturated carbocycles. The molecule has 6 aromatic heterocycles. The van der Waals surface area contributed by atoms with Crippen molar-refractivity contribution in [2.24, 2.45) is 23.7 Å². The van der Waals surface area contributed by atoms with Crippen LogP contribution in [0.3, 0.4) is 0 Å². The summed E-state index contributed by atoms with van der Waals surface area (Å²) >= 11 is 0. The quantitative estimate of drug-likeness (QED) is 0.106. The third-order valence-corrected chi connectivity index (χ3v) is 15.5. The van der Waals surface area contributed by atoms with Crippen LogP contribution in [0.2, 0.25) is 0 Å². The molecule has 8 unspecified atom stereocenters. The number of rotatable bonds is 14. The Balaban J connectivity index is 0.913. The second kappa shape index (κ2) is 17.0. The van der Waals surface area contributed by atoms with E-state index in [4.69, 9.17) is 32.3 Å². The van der Waals surface area contributed by atoms with Crippen molar-refractivity contribution in [3.05, 3.63) is 55.0 Å². The summed E-state index contributed by atoms with van der Waals surface area (Å²) in [5.41, 5.74) is 5.90. The molecule has 3 fully saturated rings. The van der Waals surface area contributed by atoms with E-state index in [1.807, 2.05) is 46.1 Å². The normalized spacial score (nSPS) is 32.0. The molecule has 3 aliphatic rings. The highest BCUT2D eigenvalue weighted by Crippen LogP contribution is 2.55. The first-order chi connectivity index (χ1) is 30.1. The molecule has 63 heavy (non-hydrogen) atoms. The SMILES string of the molecule is CC[C@H]1O[C@@H](n2cnc3c(C)ncnc32)C(OP(C)(=O)OC[C@H]2O[C@@H](n3cnc4c(C)ncnc43)C(OP(C)(=O)OC[C@H]3O[C@@H](n4cnc5c(C)ncnc54)C(C)C3C)C2C)C1C. The van der Waals surface area contributed by atoms with Gasteiger partial charge in [0.25, 0.3) is 0 Å². The average Bonchev–Trinajstić information content (AvgIpc) is 4.11. The largest absolute Gasteiger partial charge is 0.352 e. The predicted octanol–water partition coefficient (Wildman–Crippen LogP) is 6.53. The van der Waals surface area contributed by atoms with E-state index in [2.05, 4.69) is 58.7 Å². The van der Waals surface area contributed by atoms with Crippen LogP contribution in [-0.4, -0.2) is 116 Å². The molecule has 6 aromatic rings. The Kier molecular flexibility index (Phi) is 11.9. The fourth-order valence-corrected chi connectivity index (χ4v) is 11.5. The van der Waals surface area contributed by atoms with Crippen molar-refractivity contribution in [2.45, 2.75) is 111 Å². The monoisotopic (exact) mass is 908 g/mol. The predicted molar refractivity (Wildman–Crippen MR) is 228 cm³/mol. The van der Waals surface area contributed by atoms with Crippen LogP contribution < -0.4 is 0 Å². The molecule has 9 heterocycles. The van der Waals surface area contributed by atoms with Crippen LogP contribution in [0.15, 0.2) is 38.0 Å². The highest BCUT2D eigenvalue weighted by atomic mass is 31.2. The Morgan fingerprint density at radius 1 is 0.524 bits per heavy atom. The smallest absolute Gasteiger partial charge is 0.328 e. The van der Waals surface area contributed by atoms with Gasteiger partial charge in [0.1, 0.15) is 54.0 Å². The van der Waals surface area contributed by atoms with Gasteiger partial charge in [-0.3, -0.25) is 22.8 Å². The van der Waals surface area contributed by atoms with Gasteiger partial charge in [0.05, 0.1) is 67.6 Å². The molecule has 3 aliphatic heterocycles. The molecule has 0 aromatic carbocycles. The fourth-order valence-electron chi connectivity index (χ4n) is 9.03. The van der Waals surface area contributed by atoms with Crippen LogP contribution in [0.5, 0.6) is 0 Å². The third-order valence-electron chi connectivity index (χ3n) is 13.0. The maximum atomic E-state index is 14.4. The van der Waals surface area contributed by atoms with Crippen LogP contribution in [0.1, 0.15) is 76.8 Å². The van der Waals surface area contributed by atoms with Crippen LogP contribution in [-0.2, 0) is 41.4 Å². The molecule has 14 atom stereocenters. The third kappa shape index (κ3) is 8.14. The lowest BCUT2D eigenvalue weighted by Crippen LogP contribution is -2.30. The minimum Gasteiger partial charge on any atom is -0.352 e. The Hall–Kier alpha value is -4.17. The van der Waals surface area contributed by atoms with Crippen molar-refractivity contribution in [2.75, 3.05) is 26.5 Å². The maximum absolute atomic E-state index is 14.4. The van der Waals surface area contributed by atoms with Gasteiger partial charge in [-0.05, 0) is 33.1 Å². The minimum atomic E-state index is -3.80. The number of aryl methyl sites for hydroxylation is 3. The van der Waals surface area contributed by atoms with Crippen LogP contribution in [0, 0.1) is 44.4 Å². The van der Waals surface area contributed by atoms with Crippen molar-refractivity contribution in [1.82, 2.24) is 58.6 Å². The van der Waals surface area contributed by atoms with E-state index in [9.17, 15) is 9.13 Å². The highest BCUT2D eigenvalue weighted by molar-refractivity contribution is 7.53. The van der Waals surface area contributed by atoms with E-state index < -0.39 is 58.0 Å². The summed E-state index contributed by atoms with van der Waals surface area (Å²) in [6.07, 6.45) is 5.45. The van der Waals surface area contributed by atoms with Crippen LogP contribution in [0.4, 0.5) is 0 Å². The van der Waals surface area contributed by atoms with Gasteiger partial charge in [0, 0.05) is 31.1 Å². The lowest BCUT2D eigenvalue weighted by atomic mass is 9.93. The summed E-state index contributed by atoms with van der Waals surface area (Å²) < 4.78 is 79.0. The molecule has 3 saturated heterocycles. The fraction of sp³-hybridized carbons (Fsp3) is 0.625. The van der Waals surface area contributed by atoms with Crippen LogP contribution >= 0.6 is 15.2 Å². The van der Waals surface area contributed by atoms with Gasteiger partial charge >= 0.3 is 15.2 Å². The summed E-state index contributed by atoms with van der Waals surface area (Å²) in [6, 6.07) is 0. The molecule has 9 rings (SSSR count). The topological polar surface area (TPSA) is 230 Å². The molecular formula is C40H54N12O9P2. The van der Waals surface area contributed by atoms with Gasteiger partial charge in [-0.15, -0.1) is 0 Å². The first-order valence-electron chi connectivity index (χ1n) is 21.3. The first-order valence-corrected chi connectivity index (χ1v) is 25.2. The van der Waals surface area contributed by atoms with E-state index in [1.54, 1.807) is 28.1 Å². The summed E-state index contributed by atoms with van der Waals surface area (Å²) in [5, 5.41) is 0. The summed E-state index contributed by atoms with van der Waals surface area (Å²) in [6.45, 7) is 18.5. The van der Waals surface area contributed by atoms with E-state index in [0.717, 1.165) is 11.4 Å². The molecule has 0 amide bonds. The van der Waals surface area contributed by atoms with Gasteiger partial charge < -0.3 is 32.3 Å². The molecular weight excluding hydrogens is 854 g/mol. The Bertz CT molecular complexity index is 2730.